The number of hydrogen-bond acceptors (Lipinski definition) is 3. The van der Waals surface area contributed by atoms with Crippen molar-refractivity contribution in [2.24, 2.45) is 5.92 Å². The summed E-state index contributed by atoms with van der Waals surface area (Å²) in [4.78, 5) is 5.37. The second kappa shape index (κ2) is 4.40. The van der Waals surface area contributed by atoms with Gasteiger partial charge in [-0.25, -0.2) is 0 Å². The van der Waals surface area contributed by atoms with E-state index in [1.54, 1.807) is 0 Å². The summed E-state index contributed by atoms with van der Waals surface area (Å²) in [7, 11) is 0. The van der Waals surface area contributed by atoms with Crippen molar-refractivity contribution in [1.82, 2.24) is 15.1 Å². The van der Waals surface area contributed by atoms with Gasteiger partial charge in [0, 0.05) is 38.8 Å². The van der Waals surface area contributed by atoms with Gasteiger partial charge in [0.2, 0.25) is 0 Å². The highest BCUT2D eigenvalue weighted by atomic mass is 15.3. The molecule has 1 atom stereocenters. The minimum atomic E-state index is 0.928. The maximum Gasteiger partial charge on any atom is 0.0113 e. The van der Waals surface area contributed by atoms with Crippen molar-refractivity contribution < 1.29 is 0 Å². The van der Waals surface area contributed by atoms with E-state index in [1.165, 1.54) is 65.1 Å². The highest BCUT2D eigenvalue weighted by Crippen LogP contribution is 2.27. The van der Waals surface area contributed by atoms with Gasteiger partial charge in [-0.2, -0.15) is 0 Å². The van der Waals surface area contributed by atoms with Crippen LogP contribution in [0.5, 0.6) is 0 Å². The second-order valence-electron chi connectivity index (χ2n) is 5.43. The normalized spacial score (nSPS) is 34.8. The van der Waals surface area contributed by atoms with Crippen molar-refractivity contribution in [2.75, 3.05) is 45.8 Å². The molecule has 0 aromatic carbocycles. The van der Waals surface area contributed by atoms with Gasteiger partial charge in [-0.1, -0.05) is 0 Å². The summed E-state index contributed by atoms with van der Waals surface area (Å²) in [5, 5.41) is 3.46. The molecule has 1 N–H and O–H groups in total. The van der Waals surface area contributed by atoms with Gasteiger partial charge in [-0.15, -0.1) is 0 Å². The number of nitrogens with one attached hydrogen (secondary N) is 1. The van der Waals surface area contributed by atoms with Crippen LogP contribution in [0, 0.1) is 5.92 Å². The molecule has 2 heterocycles. The molecule has 0 aromatic heterocycles. The summed E-state index contributed by atoms with van der Waals surface area (Å²) >= 11 is 0. The summed E-state index contributed by atoms with van der Waals surface area (Å²) in [6.07, 6.45) is 4.32. The van der Waals surface area contributed by atoms with E-state index >= 15 is 0 Å². The molecule has 1 aliphatic carbocycles. The van der Waals surface area contributed by atoms with E-state index in [0.29, 0.717) is 0 Å². The van der Waals surface area contributed by atoms with E-state index in [9.17, 15) is 0 Å². The fourth-order valence-electron chi connectivity index (χ4n) is 2.99. The lowest BCUT2D eigenvalue weighted by Crippen LogP contribution is -2.48. The molecule has 0 amide bonds. The number of piperazine rings is 1. The average molecular weight is 209 g/mol. The molecule has 3 heteroatoms. The van der Waals surface area contributed by atoms with Crippen molar-refractivity contribution in [1.29, 1.82) is 0 Å². The first-order valence-corrected chi connectivity index (χ1v) is 6.59. The second-order valence-corrected chi connectivity index (χ2v) is 5.43. The highest BCUT2D eigenvalue weighted by Gasteiger charge is 2.31. The van der Waals surface area contributed by atoms with Crippen LogP contribution < -0.4 is 5.32 Å². The quantitative estimate of drug-likeness (QED) is 0.725. The Kier molecular flexibility index (Phi) is 2.95. The zero-order valence-corrected chi connectivity index (χ0v) is 9.62. The number of hydrogen-bond donors (Lipinski definition) is 1. The SMILES string of the molecule is C1CC(CN2CCN(C3CC3)CC2)CN1. The minimum Gasteiger partial charge on any atom is -0.316 e. The topological polar surface area (TPSA) is 18.5 Å². The Morgan fingerprint density at radius 2 is 1.80 bits per heavy atom. The van der Waals surface area contributed by atoms with Gasteiger partial charge < -0.3 is 10.2 Å². The van der Waals surface area contributed by atoms with Crippen LogP contribution >= 0.6 is 0 Å². The average Bonchev–Trinajstić information content (AvgIpc) is 2.99. The molecule has 2 saturated heterocycles. The molecule has 0 aromatic rings. The molecule has 15 heavy (non-hydrogen) atoms. The minimum absolute atomic E-state index is 0.928. The maximum absolute atomic E-state index is 3.46. The first kappa shape index (κ1) is 10.1. The fraction of sp³-hybridized carbons (Fsp3) is 1.00. The molecule has 86 valence electrons. The van der Waals surface area contributed by atoms with E-state index in [4.69, 9.17) is 0 Å². The van der Waals surface area contributed by atoms with Crippen LogP contribution in [0.25, 0.3) is 0 Å². The van der Waals surface area contributed by atoms with E-state index < -0.39 is 0 Å². The molecule has 3 nitrogen and oxygen atoms in total. The van der Waals surface area contributed by atoms with E-state index in [-0.39, 0.29) is 0 Å². The lowest BCUT2D eigenvalue weighted by molar-refractivity contribution is 0.115. The molecule has 2 aliphatic heterocycles. The molecule has 0 spiro atoms. The van der Waals surface area contributed by atoms with Gasteiger partial charge in [-0.3, -0.25) is 4.90 Å². The summed E-state index contributed by atoms with van der Waals surface area (Å²) in [5.74, 6) is 0.928. The third kappa shape index (κ3) is 2.52. The monoisotopic (exact) mass is 209 g/mol. The lowest BCUT2D eigenvalue weighted by Gasteiger charge is -2.35. The van der Waals surface area contributed by atoms with Crippen LogP contribution in [-0.4, -0.2) is 61.7 Å². The first-order valence-electron chi connectivity index (χ1n) is 6.59. The third-order valence-electron chi connectivity index (χ3n) is 4.15. The summed E-state index contributed by atoms with van der Waals surface area (Å²) in [5.41, 5.74) is 0. The van der Waals surface area contributed by atoms with Crippen LogP contribution in [0.3, 0.4) is 0 Å². The Bertz CT molecular complexity index is 201. The van der Waals surface area contributed by atoms with Crippen LogP contribution in [0.15, 0.2) is 0 Å². The van der Waals surface area contributed by atoms with Gasteiger partial charge in [0.05, 0.1) is 0 Å². The molecule has 0 bridgehead atoms. The Labute approximate surface area is 92.8 Å². The van der Waals surface area contributed by atoms with E-state index in [1.807, 2.05) is 0 Å². The first-order chi connectivity index (χ1) is 7.42. The number of nitrogens with zero attached hydrogens (tertiary/aromatic N) is 2. The van der Waals surface area contributed by atoms with Crippen molar-refractivity contribution >= 4 is 0 Å². The molecular formula is C12H23N3. The zero-order valence-electron chi connectivity index (χ0n) is 9.62. The predicted molar refractivity (Wildman–Crippen MR) is 62.0 cm³/mol. The molecule has 3 rings (SSSR count). The molecule has 0 radical (unpaired) electrons. The highest BCUT2D eigenvalue weighted by molar-refractivity contribution is 4.88. The van der Waals surface area contributed by atoms with Crippen LogP contribution in [0.2, 0.25) is 0 Å². The van der Waals surface area contributed by atoms with E-state index in [2.05, 4.69) is 15.1 Å². The van der Waals surface area contributed by atoms with Crippen molar-refractivity contribution in [3.05, 3.63) is 0 Å². The molecule has 1 saturated carbocycles. The smallest absolute Gasteiger partial charge is 0.0113 e. The summed E-state index contributed by atoms with van der Waals surface area (Å²) < 4.78 is 0. The Morgan fingerprint density at radius 3 is 2.40 bits per heavy atom. The Balaban J connectivity index is 1.40. The molecule has 1 unspecified atom stereocenters. The molecule has 3 aliphatic rings. The molecule has 3 fully saturated rings. The Hall–Kier alpha value is -0.120. The largest absolute Gasteiger partial charge is 0.316 e. The van der Waals surface area contributed by atoms with Gasteiger partial charge in [-0.05, 0) is 38.3 Å². The standard InChI is InChI=1S/C12H23N3/c1-2-12(1)15-7-5-14(6-8-15)10-11-3-4-13-9-11/h11-13H,1-10H2. The Morgan fingerprint density at radius 1 is 1.00 bits per heavy atom. The lowest BCUT2D eigenvalue weighted by atomic mass is 10.1. The van der Waals surface area contributed by atoms with Crippen LogP contribution in [0.4, 0.5) is 0 Å². The van der Waals surface area contributed by atoms with Gasteiger partial charge in [0.15, 0.2) is 0 Å². The van der Waals surface area contributed by atoms with Gasteiger partial charge in [0.25, 0.3) is 0 Å². The number of rotatable bonds is 3. The van der Waals surface area contributed by atoms with Crippen LogP contribution in [-0.2, 0) is 0 Å². The third-order valence-corrected chi connectivity index (χ3v) is 4.15. The van der Waals surface area contributed by atoms with Gasteiger partial charge >= 0.3 is 0 Å². The summed E-state index contributed by atoms with van der Waals surface area (Å²) in [6.45, 7) is 9.11. The van der Waals surface area contributed by atoms with Gasteiger partial charge in [0.1, 0.15) is 0 Å². The van der Waals surface area contributed by atoms with Crippen molar-refractivity contribution in [3.63, 3.8) is 0 Å². The predicted octanol–water partition coefficient (Wildman–Crippen LogP) is 0.376. The maximum atomic E-state index is 3.46. The van der Waals surface area contributed by atoms with Crippen molar-refractivity contribution in [2.45, 2.75) is 25.3 Å². The summed E-state index contributed by atoms with van der Waals surface area (Å²) in [6, 6.07) is 0.972. The van der Waals surface area contributed by atoms with Crippen LogP contribution in [0.1, 0.15) is 19.3 Å². The fourth-order valence-corrected chi connectivity index (χ4v) is 2.99. The van der Waals surface area contributed by atoms with Crippen molar-refractivity contribution in [3.8, 4) is 0 Å². The zero-order chi connectivity index (χ0) is 10.1. The molecular weight excluding hydrogens is 186 g/mol. The van der Waals surface area contributed by atoms with E-state index in [0.717, 1.165) is 12.0 Å².